The molecular formula is C75H145NO8. The minimum absolute atomic E-state index is 0.167. The molecule has 1 aliphatic heterocycles. The number of aliphatic hydroxyl groups is 5. The van der Waals surface area contributed by atoms with E-state index in [2.05, 4.69) is 31.3 Å². The van der Waals surface area contributed by atoms with Gasteiger partial charge in [-0.15, -0.1) is 0 Å². The summed E-state index contributed by atoms with van der Waals surface area (Å²) in [7, 11) is 0. The normalized spacial score (nSPS) is 18.2. The van der Waals surface area contributed by atoms with E-state index in [1.807, 2.05) is 6.08 Å². The summed E-state index contributed by atoms with van der Waals surface area (Å²) in [5, 5.41) is 54.8. The topological polar surface area (TPSA) is 149 Å². The van der Waals surface area contributed by atoms with Crippen LogP contribution in [0.1, 0.15) is 393 Å². The molecule has 1 saturated heterocycles. The number of aliphatic hydroxyl groups excluding tert-OH is 5. The predicted molar refractivity (Wildman–Crippen MR) is 360 cm³/mol. The van der Waals surface area contributed by atoms with Crippen LogP contribution in [0, 0.1) is 0 Å². The van der Waals surface area contributed by atoms with Gasteiger partial charge in [-0.2, -0.15) is 0 Å². The summed E-state index contributed by atoms with van der Waals surface area (Å²) < 4.78 is 11.3. The van der Waals surface area contributed by atoms with E-state index in [4.69, 9.17) is 9.47 Å². The molecule has 7 atom stereocenters. The van der Waals surface area contributed by atoms with Gasteiger partial charge < -0.3 is 40.3 Å². The average molecular weight is 1190 g/mol. The van der Waals surface area contributed by atoms with E-state index in [9.17, 15) is 30.3 Å². The molecule has 0 aromatic rings. The molecule has 84 heavy (non-hydrogen) atoms. The van der Waals surface area contributed by atoms with Crippen molar-refractivity contribution in [2.45, 2.75) is 436 Å². The Morgan fingerprint density at radius 3 is 0.964 bits per heavy atom. The summed E-state index contributed by atoms with van der Waals surface area (Å²) in [6.45, 7) is 3.84. The van der Waals surface area contributed by atoms with Crippen LogP contribution in [0.5, 0.6) is 0 Å². The molecule has 0 aromatic heterocycles. The number of hydrogen-bond acceptors (Lipinski definition) is 8. The fourth-order valence-corrected chi connectivity index (χ4v) is 12.4. The van der Waals surface area contributed by atoms with Gasteiger partial charge in [0, 0.05) is 6.42 Å². The maximum atomic E-state index is 13.1. The second-order valence-electron chi connectivity index (χ2n) is 26.4. The molecule has 7 unspecified atom stereocenters. The number of hydrogen-bond donors (Lipinski definition) is 6. The molecule has 1 fully saturated rings. The van der Waals surface area contributed by atoms with Crippen LogP contribution in [0.25, 0.3) is 0 Å². The molecule has 9 nitrogen and oxygen atoms in total. The van der Waals surface area contributed by atoms with Crippen molar-refractivity contribution in [2.75, 3.05) is 13.2 Å². The molecule has 0 aliphatic carbocycles. The Labute approximate surface area is 521 Å². The largest absolute Gasteiger partial charge is 0.394 e. The summed E-state index contributed by atoms with van der Waals surface area (Å²) in [6.07, 6.45) is 78.9. The molecule has 0 bridgehead atoms. The van der Waals surface area contributed by atoms with Crippen molar-refractivity contribution in [3.63, 3.8) is 0 Å². The lowest BCUT2D eigenvalue weighted by Gasteiger charge is -2.40. The minimum atomic E-state index is -1.57. The summed E-state index contributed by atoms with van der Waals surface area (Å²) in [4.78, 5) is 13.1. The third kappa shape index (κ3) is 52.6. The molecular weight excluding hydrogens is 1040 g/mol. The second kappa shape index (κ2) is 64.6. The lowest BCUT2D eigenvalue weighted by atomic mass is 9.99. The highest BCUT2D eigenvalue weighted by atomic mass is 16.7. The summed E-state index contributed by atoms with van der Waals surface area (Å²) in [5.41, 5.74) is 0. The maximum absolute atomic E-state index is 13.1. The number of carbonyl (C=O) groups is 1. The molecule has 0 radical (unpaired) electrons. The Morgan fingerprint density at radius 2 is 0.667 bits per heavy atom. The number of unbranched alkanes of at least 4 members (excludes halogenated alkanes) is 55. The number of nitrogens with one attached hydrogen (secondary N) is 1. The molecule has 498 valence electrons. The third-order valence-corrected chi connectivity index (χ3v) is 18.3. The van der Waals surface area contributed by atoms with Crippen molar-refractivity contribution < 1.29 is 39.8 Å². The number of amides is 1. The number of allylic oxidation sites excluding steroid dienone is 3. The van der Waals surface area contributed by atoms with Crippen LogP contribution < -0.4 is 5.32 Å². The van der Waals surface area contributed by atoms with E-state index < -0.39 is 49.5 Å². The molecule has 0 spiro atoms. The molecule has 1 heterocycles. The number of carbonyl (C=O) groups excluding carboxylic acids is 1. The van der Waals surface area contributed by atoms with Gasteiger partial charge in [-0.3, -0.25) is 4.79 Å². The van der Waals surface area contributed by atoms with Gasteiger partial charge in [0.25, 0.3) is 0 Å². The van der Waals surface area contributed by atoms with Crippen molar-refractivity contribution in [3.05, 3.63) is 24.3 Å². The van der Waals surface area contributed by atoms with Gasteiger partial charge in [0.05, 0.1) is 25.4 Å². The summed E-state index contributed by atoms with van der Waals surface area (Å²) >= 11 is 0. The SMILES string of the molecule is CCCCCCCCCC/C=C\CCCCCCCCCCCCCCCCCCCCCCCCCCCCCCCC(=O)NC(COC1OC(CO)C(O)C(O)C1O)C(O)/C=C/CCCCCCCCCCCCCCCCCCCC. The van der Waals surface area contributed by atoms with Gasteiger partial charge >= 0.3 is 0 Å². The van der Waals surface area contributed by atoms with Crippen LogP contribution >= 0.6 is 0 Å². The average Bonchev–Trinajstić information content (AvgIpc) is 3.70. The Bertz CT molecular complexity index is 1380. The van der Waals surface area contributed by atoms with Crippen LogP contribution in [0.4, 0.5) is 0 Å². The zero-order valence-electron chi connectivity index (χ0n) is 55.9. The fraction of sp³-hybridized carbons (Fsp3) is 0.933. The van der Waals surface area contributed by atoms with Crippen LogP contribution in [-0.4, -0.2) is 87.5 Å². The minimum Gasteiger partial charge on any atom is -0.394 e. The second-order valence-corrected chi connectivity index (χ2v) is 26.4. The molecule has 0 saturated carbocycles. The molecule has 1 aliphatic rings. The first-order valence-electron chi connectivity index (χ1n) is 37.6. The zero-order valence-corrected chi connectivity index (χ0v) is 55.9. The quantitative estimate of drug-likeness (QED) is 0.0261. The highest BCUT2D eigenvalue weighted by molar-refractivity contribution is 5.76. The molecule has 9 heteroatoms. The molecule has 1 amide bonds. The van der Waals surface area contributed by atoms with Gasteiger partial charge in [-0.25, -0.2) is 0 Å². The van der Waals surface area contributed by atoms with Crippen molar-refractivity contribution >= 4 is 5.91 Å². The molecule has 6 N–H and O–H groups in total. The third-order valence-electron chi connectivity index (χ3n) is 18.3. The Balaban J connectivity index is 2.02. The molecule has 0 aromatic carbocycles. The summed E-state index contributed by atoms with van der Waals surface area (Å²) in [5.74, 6) is -0.167. The van der Waals surface area contributed by atoms with Crippen molar-refractivity contribution in [3.8, 4) is 0 Å². The van der Waals surface area contributed by atoms with Crippen LogP contribution in [-0.2, 0) is 14.3 Å². The lowest BCUT2D eigenvalue weighted by molar-refractivity contribution is -0.302. The first-order valence-corrected chi connectivity index (χ1v) is 37.6. The van der Waals surface area contributed by atoms with E-state index in [1.54, 1.807) is 6.08 Å². The van der Waals surface area contributed by atoms with E-state index >= 15 is 0 Å². The van der Waals surface area contributed by atoms with E-state index in [0.29, 0.717) is 6.42 Å². The fourth-order valence-electron chi connectivity index (χ4n) is 12.4. The summed E-state index contributed by atoms with van der Waals surface area (Å²) in [6, 6.07) is -0.803. The van der Waals surface area contributed by atoms with E-state index in [-0.39, 0.29) is 12.5 Å². The van der Waals surface area contributed by atoms with Crippen LogP contribution in [0.3, 0.4) is 0 Å². The van der Waals surface area contributed by atoms with Crippen molar-refractivity contribution in [1.29, 1.82) is 0 Å². The zero-order chi connectivity index (χ0) is 60.7. The smallest absolute Gasteiger partial charge is 0.220 e. The van der Waals surface area contributed by atoms with Crippen LogP contribution in [0.2, 0.25) is 0 Å². The Hall–Kier alpha value is -1.33. The van der Waals surface area contributed by atoms with Crippen molar-refractivity contribution in [1.82, 2.24) is 5.32 Å². The van der Waals surface area contributed by atoms with E-state index in [0.717, 1.165) is 38.5 Å². The van der Waals surface area contributed by atoms with Crippen LogP contribution in [0.15, 0.2) is 24.3 Å². The van der Waals surface area contributed by atoms with Gasteiger partial charge in [0.2, 0.25) is 5.91 Å². The van der Waals surface area contributed by atoms with Gasteiger partial charge in [-0.05, 0) is 44.9 Å². The van der Waals surface area contributed by atoms with Gasteiger partial charge in [0.1, 0.15) is 24.4 Å². The monoisotopic (exact) mass is 1190 g/mol. The Morgan fingerprint density at radius 1 is 0.393 bits per heavy atom. The molecule has 1 rings (SSSR count). The highest BCUT2D eigenvalue weighted by Crippen LogP contribution is 2.24. The number of ether oxygens (including phenoxy) is 2. The maximum Gasteiger partial charge on any atom is 0.220 e. The van der Waals surface area contributed by atoms with Gasteiger partial charge in [0.15, 0.2) is 6.29 Å². The first kappa shape index (κ1) is 80.7. The van der Waals surface area contributed by atoms with E-state index in [1.165, 1.54) is 334 Å². The highest BCUT2D eigenvalue weighted by Gasteiger charge is 2.44. The van der Waals surface area contributed by atoms with Gasteiger partial charge in [-0.1, -0.05) is 366 Å². The van der Waals surface area contributed by atoms with Crippen molar-refractivity contribution in [2.24, 2.45) is 0 Å². The lowest BCUT2D eigenvalue weighted by Crippen LogP contribution is -2.60. The standard InChI is InChI=1S/C75H145NO8/c1-3-5-7-9-11-13-15-17-19-21-23-25-26-27-28-29-30-31-32-33-34-35-36-37-38-39-40-41-42-43-44-45-47-49-51-53-55-57-59-61-63-65-71(79)76-68(67-83-75-74(82)73(81)72(80)70(66-77)84-75)69(78)64-62-60-58-56-54-52-50-48-46-24-22-20-18-16-14-12-10-8-6-4-2/h21,23,62,64,68-70,72-75,77-78,80-82H,3-20,22,24-61,63,65-67H2,1-2H3,(H,76,79)/b23-21-,64-62+. The predicted octanol–water partition coefficient (Wildman–Crippen LogP) is 20.8. The first-order chi connectivity index (χ1) is 41.3. The Kier molecular flexibility index (Phi) is 62.1. The number of rotatable bonds is 67.